The molecule has 0 aliphatic rings. The monoisotopic (exact) mass is 207 g/mol. The summed E-state index contributed by atoms with van der Waals surface area (Å²) >= 11 is 0. The molecule has 1 atom stereocenters. The zero-order chi connectivity index (χ0) is 11.5. The van der Waals surface area contributed by atoms with Gasteiger partial charge in [-0.25, -0.2) is 0 Å². The molecule has 0 spiro atoms. The van der Waals surface area contributed by atoms with Crippen LogP contribution >= 0.6 is 0 Å². The second-order valence-corrected chi connectivity index (χ2v) is 5.15. The molecule has 0 aromatic heterocycles. The second kappa shape index (κ2) is 4.67. The van der Waals surface area contributed by atoms with Gasteiger partial charge in [0.25, 0.3) is 0 Å². The van der Waals surface area contributed by atoms with Crippen molar-refractivity contribution in [2.24, 2.45) is 11.1 Å². The Balaban J connectivity index is 2.77. The van der Waals surface area contributed by atoms with E-state index in [2.05, 4.69) is 26.8 Å². The third-order valence-corrected chi connectivity index (χ3v) is 2.35. The molecule has 1 aromatic rings. The first kappa shape index (κ1) is 12.1. The van der Waals surface area contributed by atoms with E-state index in [9.17, 15) is 0 Å². The van der Waals surface area contributed by atoms with Crippen LogP contribution in [-0.4, -0.2) is 7.11 Å². The molecule has 0 heterocycles. The molecule has 0 unspecified atom stereocenters. The molecule has 84 valence electrons. The summed E-state index contributed by atoms with van der Waals surface area (Å²) < 4.78 is 5.18. The number of hydrogen-bond acceptors (Lipinski definition) is 2. The molecule has 2 heteroatoms. The molecule has 0 bridgehead atoms. The molecule has 2 nitrogen and oxygen atoms in total. The largest absolute Gasteiger partial charge is 0.497 e. The Morgan fingerprint density at radius 3 is 2.53 bits per heavy atom. The summed E-state index contributed by atoms with van der Waals surface area (Å²) in [6.45, 7) is 6.60. The number of rotatable bonds is 3. The van der Waals surface area contributed by atoms with Crippen molar-refractivity contribution in [2.75, 3.05) is 7.11 Å². The molecule has 15 heavy (non-hydrogen) atoms. The van der Waals surface area contributed by atoms with Crippen LogP contribution in [0.15, 0.2) is 24.3 Å². The van der Waals surface area contributed by atoms with Crippen LogP contribution in [0.3, 0.4) is 0 Å². The van der Waals surface area contributed by atoms with E-state index >= 15 is 0 Å². The van der Waals surface area contributed by atoms with Gasteiger partial charge in [-0.3, -0.25) is 0 Å². The second-order valence-electron chi connectivity index (χ2n) is 5.15. The van der Waals surface area contributed by atoms with E-state index in [1.165, 1.54) is 0 Å². The lowest BCUT2D eigenvalue weighted by Gasteiger charge is -2.23. The van der Waals surface area contributed by atoms with Crippen molar-refractivity contribution in [3.63, 3.8) is 0 Å². The summed E-state index contributed by atoms with van der Waals surface area (Å²) in [5.74, 6) is 0.872. The topological polar surface area (TPSA) is 35.2 Å². The fraction of sp³-hybridized carbons (Fsp3) is 0.538. The molecule has 0 fully saturated rings. The summed E-state index contributed by atoms with van der Waals surface area (Å²) in [6.07, 6.45) is 0.972. The standard InChI is InChI=1S/C13H21NO/c1-13(2,3)9-12(14)10-6-5-7-11(8-10)15-4/h5-8,12H,9,14H2,1-4H3/t12-/m1/s1. The van der Waals surface area contributed by atoms with Crippen molar-refractivity contribution in [3.8, 4) is 5.75 Å². The van der Waals surface area contributed by atoms with E-state index in [1.54, 1.807) is 7.11 Å². The highest BCUT2D eigenvalue weighted by atomic mass is 16.5. The van der Waals surface area contributed by atoms with Crippen LogP contribution in [-0.2, 0) is 0 Å². The predicted molar refractivity (Wildman–Crippen MR) is 64.0 cm³/mol. The van der Waals surface area contributed by atoms with Crippen LogP contribution in [0.1, 0.15) is 38.8 Å². The van der Waals surface area contributed by atoms with E-state index in [0.29, 0.717) is 0 Å². The fourth-order valence-corrected chi connectivity index (χ4v) is 1.65. The SMILES string of the molecule is COc1cccc([C@H](N)CC(C)(C)C)c1. The van der Waals surface area contributed by atoms with Gasteiger partial charge in [0.15, 0.2) is 0 Å². The Bertz CT molecular complexity index is 315. The van der Waals surface area contributed by atoms with Crippen LogP contribution in [0.25, 0.3) is 0 Å². The minimum absolute atomic E-state index is 0.0834. The first-order chi connectivity index (χ1) is 6.92. The van der Waals surface area contributed by atoms with Gasteiger partial charge in [-0.2, -0.15) is 0 Å². The zero-order valence-electron chi connectivity index (χ0n) is 10.1. The van der Waals surface area contributed by atoms with Crippen LogP contribution in [0, 0.1) is 5.41 Å². The summed E-state index contributed by atoms with van der Waals surface area (Å²) in [5.41, 5.74) is 7.54. The van der Waals surface area contributed by atoms with E-state index < -0.39 is 0 Å². The highest BCUT2D eigenvalue weighted by Gasteiger charge is 2.17. The lowest BCUT2D eigenvalue weighted by atomic mass is 9.86. The highest BCUT2D eigenvalue weighted by Crippen LogP contribution is 2.28. The van der Waals surface area contributed by atoms with Gasteiger partial charge >= 0.3 is 0 Å². The average Bonchev–Trinajstić information content (AvgIpc) is 2.15. The smallest absolute Gasteiger partial charge is 0.119 e. The minimum atomic E-state index is 0.0834. The van der Waals surface area contributed by atoms with Crippen LogP contribution in [0.5, 0.6) is 5.75 Å². The van der Waals surface area contributed by atoms with Gasteiger partial charge in [-0.1, -0.05) is 32.9 Å². The molecule has 0 saturated heterocycles. The summed E-state index contributed by atoms with van der Waals surface area (Å²) in [6, 6.07) is 8.07. The molecule has 0 saturated carbocycles. The third-order valence-electron chi connectivity index (χ3n) is 2.35. The molecule has 1 rings (SSSR count). The lowest BCUT2D eigenvalue weighted by molar-refractivity contribution is 0.342. The molecule has 2 N–H and O–H groups in total. The first-order valence-corrected chi connectivity index (χ1v) is 5.32. The maximum atomic E-state index is 6.15. The van der Waals surface area contributed by atoms with Crippen molar-refractivity contribution < 1.29 is 4.74 Å². The molecule has 0 aliphatic heterocycles. The Labute approximate surface area is 92.4 Å². The summed E-state index contributed by atoms with van der Waals surface area (Å²) in [4.78, 5) is 0. The molecule has 0 amide bonds. The minimum Gasteiger partial charge on any atom is -0.497 e. The molecule has 1 aromatic carbocycles. The number of hydrogen-bond donors (Lipinski definition) is 1. The first-order valence-electron chi connectivity index (χ1n) is 5.32. The van der Waals surface area contributed by atoms with Gasteiger partial charge in [0, 0.05) is 6.04 Å². The van der Waals surface area contributed by atoms with Crippen molar-refractivity contribution in [3.05, 3.63) is 29.8 Å². The maximum absolute atomic E-state index is 6.15. The maximum Gasteiger partial charge on any atom is 0.119 e. The fourth-order valence-electron chi connectivity index (χ4n) is 1.65. The summed E-state index contributed by atoms with van der Waals surface area (Å²) in [5, 5.41) is 0. The van der Waals surface area contributed by atoms with Gasteiger partial charge in [-0.15, -0.1) is 0 Å². The lowest BCUT2D eigenvalue weighted by Crippen LogP contribution is -2.18. The molecule has 0 radical (unpaired) electrons. The Hall–Kier alpha value is -1.02. The molecule has 0 aliphatic carbocycles. The van der Waals surface area contributed by atoms with Crippen LogP contribution in [0.2, 0.25) is 0 Å². The molecular weight excluding hydrogens is 186 g/mol. The van der Waals surface area contributed by atoms with Crippen molar-refractivity contribution in [2.45, 2.75) is 33.2 Å². The van der Waals surface area contributed by atoms with E-state index in [-0.39, 0.29) is 11.5 Å². The van der Waals surface area contributed by atoms with Gasteiger partial charge in [-0.05, 0) is 29.5 Å². The Morgan fingerprint density at radius 1 is 1.33 bits per heavy atom. The van der Waals surface area contributed by atoms with Crippen molar-refractivity contribution in [1.29, 1.82) is 0 Å². The van der Waals surface area contributed by atoms with Crippen molar-refractivity contribution in [1.82, 2.24) is 0 Å². The molecular formula is C13H21NO. The van der Waals surface area contributed by atoms with Gasteiger partial charge < -0.3 is 10.5 Å². The number of methoxy groups -OCH3 is 1. The number of benzene rings is 1. The Morgan fingerprint density at radius 2 is 2.00 bits per heavy atom. The third kappa shape index (κ3) is 3.92. The normalized spacial score (nSPS) is 13.7. The quantitative estimate of drug-likeness (QED) is 0.826. The zero-order valence-corrected chi connectivity index (χ0v) is 10.1. The van der Waals surface area contributed by atoms with Gasteiger partial charge in [0.1, 0.15) is 5.75 Å². The summed E-state index contributed by atoms with van der Waals surface area (Å²) in [7, 11) is 1.67. The van der Waals surface area contributed by atoms with Gasteiger partial charge in [0.2, 0.25) is 0 Å². The Kier molecular flexibility index (Phi) is 3.75. The van der Waals surface area contributed by atoms with E-state index in [0.717, 1.165) is 17.7 Å². The van der Waals surface area contributed by atoms with E-state index in [4.69, 9.17) is 10.5 Å². The van der Waals surface area contributed by atoms with Crippen molar-refractivity contribution >= 4 is 0 Å². The number of nitrogens with two attached hydrogens (primary N) is 1. The van der Waals surface area contributed by atoms with Crippen LogP contribution < -0.4 is 10.5 Å². The van der Waals surface area contributed by atoms with E-state index in [1.807, 2.05) is 18.2 Å². The highest BCUT2D eigenvalue weighted by molar-refractivity contribution is 5.30. The van der Waals surface area contributed by atoms with Gasteiger partial charge in [0.05, 0.1) is 7.11 Å². The average molecular weight is 207 g/mol. The predicted octanol–water partition coefficient (Wildman–Crippen LogP) is 3.13. The number of ether oxygens (including phenoxy) is 1. The van der Waals surface area contributed by atoms with Crippen LogP contribution in [0.4, 0.5) is 0 Å².